The zero-order valence-corrected chi connectivity index (χ0v) is 13.6. The van der Waals surface area contributed by atoms with E-state index in [0.29, 0.717) is 29.8 Å². The number of nitrogens with one attached hydrogen (secondary N) is 1. The molecule has 122 valence electrons. The Bertz CT molecular complexity index is 742. The molecule has 1 unspecified atom stereocenters. The minimum absolute atomic E-state index is 0.334. The zero-order valence-electron chi connectivity index (χ0n) is 13.6. The van der Waals surface area contributed by atoms with Gasteiger partial charge in [0.25, 0.3) is 0 Å². The monoisotopic (exact) mass is 319 g/mol. The van der Waals surface area contributed by atoms with Crippen molar-refractivity contribution in [3.8, 4) is 11.1 Å². The number of hydrogen-bond donors (Lipinski definition) is 1. The molecule has 1 aromatic heterocycles. The molecule has 1 aromatic carbocycles. The third kappa shape index (κ3) is 2.33. The average Bonchev–Trinajstić information content (AvgIpc) is 3.48. The van der Waals surface area contributed by atoms with Crippen molar-refractivity contribution in [3.63, 3.8) is 0 Å². The molecule has 0 spiro atoms. The van der Waals surface area contributed by atoms with Crippen LogP contribution in [0.25, 0.3) is 11.1 Å². The number of piperazine rings is 1. The van der Waals surface area contributed by atoms with E-state index in [-0.39, 0.29) is 0 Å². The fourth-order valence-corrected chi connectivity index (χ4v) is 4.20. The van der Waals surface area contributed by atoms with Crippen LogP contribution in [-0.2, 0) is 4.79 Å². The van der Waals surface area contributed by atoms with E-state index < -0.39 is 0 Å². The van der Waals surface area contributed by atoms with Gasteiger partial charge in [-0.05, 0) is 41.7 Å². The Kier molecular flexibility index (Phi) is 3.20. The van der Waals surface area contributed by atoms with E-state index in [9.17, 15) is 4.79 Å². The van der Waals surface area contributed by atoms with Gasteiger partial charge in [-0.2, -0.15) is 0 Å². The minimum atomic E-state index is 0.334. The molecule has 0 radical (unpaired) electrons. The summed E-state index contributed by atoms with van der Waals surface area (Å²) in [5.74, 6) is 1.26. The molecule has 2 aromatic rings. The molecule has 4 nitrogen and oxygen atoms in total. The van der Waals surface area contributed by atoms with Crippen molar-refractivity contribution in [1.29, 1.82) is 0 Å². The van der Waals surface area contributed by atoms with Gasteiger partial charge in [-0.25, -0.2) is 0 Å². The molecule has 4 heteroatoms. The van der Waals surface area contributed by atoms with Crippen LogP contribution in [0.3, 0.4) is 0 Å². The summed E-state index contributed by atoms with van der Waals surface area (Å²) in [6, 6.07) is 13.8. The van der Waals surface area contributed by atoms with Crippen LogP contribution in [0.5, 0.6) is 0 Å². The molecule has 1 saturated carbocycles. The number of carbonyl (C=O) groups excluding carboxylic acids is 1. The van der Waals surface area contributed by atoms with Gasteiger partial charge in [-0.3, -0.25) is 9.78 Å². The van der Waals surface area contributed by atoms with Crippen LogP contribution in [0.1, 0.15) is 24.3 Å². The largest absolute Gasteiger partial charge is 0.339 e. The zero-order chi connectivity index (χ0) is 16.1. The van der Waals surface area contributed by atoms with Crippen molar-refractivity contribution in [2.45, 2.75) is 30.8 Å². The topological polar surface area (TPSA) is 45.2 Å². The minimum Gasteiger partial charge on any atom is -0.339 e. The van der Waals surface area contributed by atoms with Gasteiger partial charge in [-0.15, -0.1) is 0 Å². The van der Waals surface area contributed by atoms with Crippen LogP contribution in [0.4, 0.5) is 0 Å². The Balaban J connectivity index is 1.31. The number of benzene rings is 1. The van der Waals surface area contributed by atoms with Gasteiger partial charge >= 0.3 is 0 Å². The fourth-order valence-electron chi connectivity index (χ4n) is 4.20. The molecular weight excluding hydrogens is 298 g/mol. The van der Waals surface area contributed by atoms with Gasteiger partial charge in [0, 0.05) is 49.4 Å². The lowest BCUT2D eigenvalue weighted by Crippen LogP contribution is -2.72. The van der Waals surface area contributed by atoms with Crippen molar-refractivity contribution in [1.82, 2.24) is 15.2 Å². The quantitative estimate of drug-likeness (QED) is 0.945. The lowest BCUT2D eigenvalue weighted by Gasteiger charge is -2.55. The highest BCUT2D eigenvalue weighted by Gasteiger charge is 2.49. The van der Waals surface area contributed by atoms with E-state index in [1.165, 1.54) is 16.7 Å². The number of rotatable bonds is 3. The molecule has 6 rings (SSSR count). The van der Waals surface area contributed by atoms with E-state index in [1.807, 2.05) is 24.5 Å². The van der Waals surface area contributed by atoms with Crippen LogP contribution in [0, 0.1) is 5.92 Å². The molecule has 1 amide bonds. The van der Waals surface area contributed by atoms with Crippen molar-refractivity contribution < 1.29 is 4.79 Å². The number of hydrogen-bond acceptors (Lipinski definition) is 3. The lowest BCUT2D eigenvalue weighted by atomic mass is 9.74. The van der Waals surface area contributed by atoms with Gasteiger partial charge in [0.05, 0.1) is 0 Å². The number of amides is 1. The maximum atomic E-state index is 12.3. The van der Waals surface area contributed by atoms with Crippen LogP contribution in [0.15, 0.2) is 48.8 Å². The highest BCUT2D eigenvalue weighted by Crippen LogP contribution is 2.39. The second kappa shape index (κ2) is 5.42. The Hall–Kier alpha value is -2.20. The summed E-state index contributed by atoms with van der Waals surface area (Å²) in [4.78, 5) is 18.4. The van der Waals surface area contributed by atoms with Crippen molar-refractivity contribution in [3.05, 3.63) is 54.4 Å². The standard InChI is InChI=1S/C20H21N3O/c24-20(16-5-6-16)23-11-17-19(18(12-23)22-17)15-3-1-13(2-4-15)14-7-9-21-10-8-14/h1-4,7-10,16-19,22H,5-6,11-12H2/t17-,18+,19?. The van der Waals surface area contributed by atoms with Crippen LogP contribution >= 0.6 is 0 Å². The summed E-state index contributed by atoms with van der Waals surface area (Å²) in [7, 11) is 0. The lowest BCUT2D eigenvalue weighted by molar-refractivity contribution is -0.137. The fraction of sp³-hybridized carbons (Fsp3) is 0.400. The molecule has 24 heavy (non-hydrogen) atoms. The third-order valence-electron chi connectivity index (χ3n) is 5.68. The number of nitrogens with zero attached hydrogens (tertiary/aromatic N) is 2. The van der Waals surface area contributed by atoms with E-state index in [2.05, 4.69) is 39.5 Å². The summed E-state index contributed by atoms with van der Waals surface area (Å²) in [6.45, 7) is 1.73. The highest BCUT2D eigenvalue weighted by molar-refractivity contribution is 5.81. The first-order chi connectivity index (χ1) is 11.8. The number of fused-ring (bicyclic) bond motifs is 2. The predicted molar refractivity (Wildman–Crippen MR) is 92.4 cm³/mol. The van der Waals surface area contributed by atoms with Crippen LogP contribution < -0.4 is 5.32 Å². The smallest absolute Gasteiger partial charge is 0.225 e. The van der Waals surface area contributed by atoms with Gasteiger partial charge in [0.15, 0.2) is 0 Å². The molecule has 1 aliphatic carbocycles. The Morgan fingerprint density at radius 2 is 1.58 bits per heavy atom. The molecule has 2 bridgehead atoms. The van der Waals surface area contributed by atoms with Crippen molar-refractivity contribution in [2.24, 2.45) is 5.92 Å². The first-order valence-electron chi connectivity index (χ1n) is 8.85. The van der Waals surface area contributed by atoms with Gasteiger partial charge in [0.2, 0.25) is 5.91 Å². The molecule has 4 fully saturated rings. The molecule has 4 aliphatic rings. The van der Waals surface area contributed by atoms with E-state index >= 15 is 0 Å². The number of carbonyl (C=O) groups is 1. The van der Waals surface area contributed by atoms with Gasteiger partial charge in [0.1, 0.15) is 0 Å². The van der Waals surface area contributed by atoms with Crippen molar-refractivity contribution >= 4 is 5.91 Å². The van der Waals surface area contributed by atoms with Gasteiger partial charge < -0.3 is 10.2 Å². The number of piperidine rings is 1. The van der Waals surface area contributed by atoms with E-state index in [1.54, 1.807) is 0 Å². The summed E-state index contributed by atoms with van der Waals surface area (Å²) in [6.07, 6.45) is 5.85. The first kappa shape index (κ1) is 14.2. The van der Waals surface area contributed by atoms with Crippen molar-refractivity contribution in [2.75, 3.05) is 13.1 Å². The van der Waals surface area contributed by atoms with Gasteiger partial charge in [-0.1, -0.05) is 24.3 Å². The molecule has 1 N–H and O–H groups in total. The molecular formula is C20H21N3O. The number of pyridine rings is 1. The SMILES string of the molecule is O=C(C1CC1)N1C[C@@H]2N[C@H](C1)C2c1ccc(-c2ccncc2)cc1. The predicted octanol–water partition coefficient (Wildman–Crippen LogP) is 2.42. The Morgan fingerprint density at radius 1 is 0.958 bits per heavy atom. The Morgan fingerprint density at radius 3 is 2.21 bits per heavy atom. The highest BCUT2D eigenvalue weighted by atomic mass is 16.2. The average molecular weight is 319 g/mol. The van der Waals surface area contributed by atoms with Crippen LogP contribution in [0.2, 0.25) is 0 Å². The summed E-state index contributed by atoms with van der Waals surface area (Å²) >= 11 is 0. The summed E-state index contributed by atoms with van der Waals surface area (Å²) in [5.41, 5.74) is 3.81. The summed E-state index contributed by atoms with van der Waals surface area (Å²) in [5, 5.41) is 3.62. The maximum Gasteiger partial charge on any atom is 0.225 e. The maximum absolute atomic E-state index is 12.3. The first-order valence-corrected chi connectivity index (χ1v) is 8.85. The summed E-state index contributed by atoms with van der Waals surface area (Å²) < 4.78 is 0. The molecule has 4 heterocycles. The normalized spacial score (nSPS) is 28.3. The molecule has 3 saturated heterocycles. The van der Waals surface area contributed by atoms with E-state index in [0.717, 1.165) is 25.9 Å². The van der Waals surface area contributed by atoms with E-state index in [4.69, 9.17) is 0 Å². The number of aromatic nitrogens is 1. The molecule has 3 aliphatic heterocycles. The third-order valence-corrected chi connectivity index (χ3v) is 5.68. The second-order valence-corrected chi connectivity index (χ2v) is 7.28. The second-order valence-electron chi connectivity index (χ2n) is 7.28. The Labute approximate surface area is 141 Å². The molecule has 3 atom stereocenters. The van der Waals surface area contributed by atoms with Crippen LogP contribution in [-0.4, -0.2) is 41.0 Å².